The largest absolute Gasteiger partial charge is 0.478 e. The Balaban J connectivity index is 2.78. The van der Waals surface area contributed by atoms with Crippen molar-refractivity contribution in [2.24, 2.45) is 0 Å². The molecule has 64 valence electrons. The highest BCUT2D eigenvalue weighted by Crippen LogP contribution is 2.02. The van der Waals surface area contributed by atoms with Gasteiger partial charge < -0.3 is 5.11 Å². The zero-order valence-electron chi connectivity index (χ0n) is 6.33. The lowest BCUT2D eigenvalue weighted by Crippen LogP contribution is -1.98. The van der Waals surface area contributed by atoms with Crippen molar-refractivity contribution in [2.45, 2.75) is 6.42 Å². The fourth-order valence-electron chi connectivity index (χ4n) is 0.796. The number of aryl methyl sites for hydroxylation is 1. The summed E-state index contributed by atoms with van der Waals surface area (Å²) in [5, 5.41) is 8.56. The summed E-state index contributed by atoms with van der Waals surface area (Å²) in [6.07, 6.45) is 2.28. The first-order valence-electron chi connectivity index (χ1n) is 3.48. The van der Waals surface area contributed by atoms with E-state index in [1.165, 1.54) is 6.20 Å². The Kier molecular flexibility index (Phi) is 3.46. The molecule has 3 nitrogen and oxygen atoms in total. The highest BCUT2D eigenvalue weighted by Gasteiger charge is 2.01. The fraction of sp³-hybridized carbons (Fsp3) is 0.250. The Morgan fingerprint density at radius 1 is 1.58 bits per heavy atom. The number of rotatable bonds is 3. The smallest absolute Gasteiger partial charge is 0.337 e. The Bertz CT molecular complexity index is 271. The molecule has 0 saturated carbocycles. The van der Waals surface area contributed by atoms with Crippen LogP contribution >= 0.6 is 22.6 Å². The summed E-state index contributed by atoms with van der Waals surface area (Å²) < 4.78 is 0.997. The molecule has 0 aliphatic heterocycles. The molecule has 1 rings (SSSR count). The lowest BCUT2D eigenvalue weighted by atomic mass is 10.2. The van der Waals surface area contributed by atoms with Gasteiger partial charge in [0.2, 0.25) is 0 Å². The predicted molar refractivity (Wildman–Crippen MR) is 53.8 cm³/mol. The van der Waals surface area contributed by atoms with Gasteiger partial charge in [-0.1, -0.05) is 22.6 Å². The number of aromatic nitrogens is 1. The average molecular weight is 277 g/mol. The quantitative estimate of drug-likeness (QED) is 0.676. The number of carboxylic acid groups (broad SMARTS) is 1. The van der Waals surface area contributed by atoms with Crippen LogP contribution in [0.1, 0.15) is 16.1 Å². The first kappa shape index (κ1) is 9.44. The van der Waals surface area contributed by atoms with Crippen molar-refractivity contribution in [2.75, 3.05) is 4.43 Å². The van der Waals surface area contributed by atoms with Gasteiger partial charge in [0.25, 0.3) is 0 Å². The van der Waals surface area contributed by atoms with E-state index in [0.717, 1.165) is 16.5 Å². The molecule has 0 amide bonds. The average Bonchev–Trinajstić information content (AvgIpc) is 2.06. The van der Waals surface area contributed by atoms with E-state index in [4.69, 9.17) is 5.11 Å². The second kappa shape index (κ2) is 4.39. The van der Waals surface area contributed by atoms with Crippen LogP contribution in [0, 0.1) is 0 Å². The number of carboxylic acids is 1. The lowest BCUT2D eigenvalue weighted by Gasteiger charge is -1.96. The highest BCUT2D eigenvalue weighted by atomic mass is 127. The van der Waals surface area contributed by atoms with E-state index in [-0.39, 0.29) is 5.56 Å². The molecule has 1 N–H and O–H groups in total. The first-order chi connectivity index (χ1) is 5.74. The van der Waals surface area contributed by atoms with Gasteiger partial charge in [-0.05, 0) is 18.6 Å². The van der Waals surface area contributed by atoms with Crippen LogP contribution in [0.3, 0.4) is 0 Å². The van der Waals surface area contributed by atoms with Gasteiger partial charge in [0, 0.05) is 16.3 Å². The topological polar surface area (TPSA) is 50.2 Å². The molecule has 0 aliphatic rings. The number of pyridine rings is 1. The van der Waals surface area contributed by atoms with E-state index < -0.39 is 5.97 Å². The van der Waals surface area contributed by atoms with Gasteiger partial charge in [0.15, 0.2) is 0 Å². The number of hydrogen-bond donors (Lipinski definition) is 1. The molecule has 0 radical (unpaired) electrons. The van der Waals surface area contributed by atoms with Gasteiger partial charge in [0.1, 0.15) is 0 Å². The van der Waals surface area contributed by atoms with Gasteiger partial charge in [-0.25, -0.2) is 4.79 Å². The van der Waals surface area contributed by atoms with Gasteiger partial charge in [-0.3, -0.25) is 4.98 Å². The fourth-order valence-corrected chi connectivity index (χ4v) is 1.35. The molecule has 0 aromatic carbocycles. The van der Waals surface area contributed by atoms with Crippen LogP contribution < -0.4 is 0 Å². The molecule has 0 atom stereocenters. The zero-order chi connectivity index (χ0) is 8.97. The van der Waals surface area contributed by atoms with Crippen molar-refractivity contribution < 1.29 is 9.90 Å². The number of aromatic carboxylic acids is 1. The summed E-state index contributed by atoms with van der Waals surface area (Å²) in [7, 11) is 0. The maximum Gasteiger partial charge on any atom is 0.337 e. The maximum atomic E-state index is 10.4. The molecule has 4 heteroatoms. The standard InChI is InChI=1S/C8H8INO2/c9-4-3-7-2-1-6(5-10-7)8(11)12/h1-2,5H,3-4H2,(H,11,12). The predicted octanol–water partition coefficient (Wildman–Crippen LogP) is 1.76. The molecule has 0 aliphatic carbocycles. The van der Waals surface area contributed by atoms with Crippen molar-refractivity contribution in [3.63, 3.8) is 0 Å². The lowest BCUT2D eigenvalue weighted by molar-refractivity contribution is 0.0696. The monoisotopic (exact) mass is 277 g/mol. The molecule has 1 aromatic heterocycles. The molecule has 1 heterocycles. The summed E-state index contributed by atoms with van der Waals surface area (Å²) in [5.41, 5.74) is 1.18. The normalized spacial score (nSPS) is 9.75. The molecule has 0 fully saturated rings. The van der Waals surface area contributed by atoms with Crippen molar-refractivity contribution >= 4 is 28.6 Å². The Morgan fingerprint density at radius 3 is 2.75 bits per heavy atom. The molecule has 0 spiro atoms. The molecule has 0 saturated heterocycles. The zero-order valence-corrected chi connectivity index (χ0v) is 8.48. The number of carbonyl (C=O) groups is 1. The first-order valence-corrected chi connectivity index (χ1v) is 5.01. The number of halogens is 1. The Hall–Kier alpha value is -0.650. The van der Waals surface area contributed by atoms with Crippen LogP contribution in [-0.2, 0) is 6.42 Å². The summed E-state index contributed by atoms with van der Waals surface area (Å²) in [5.74, 6) is -0.927. The molecule has 12 heavy (non-hydrogen) atoms. The maximum absolute atomic E-state index is 10.4. The minimum atomic E-state index is -0.927. The molecule has 1 aromatic rings. The second-order valence-electron chi connectivity index (χ2n) is 2.28. The van der Waals surface area contributed by atoms with Crippen LogP contribution in [0.25, 0.3) is 0 Å². The van der Waals surface area contributed by atoms with Crippen molar-refractivity contribution in [3.8, 4) is 0 Å². The Labute approximate surface area is 84.0 Å². The van der Waals surface area contributed by atoms with E-state index in [0.29, 0.717) is 0 Å². The van der Waals surface area contributed by atoms with E-state index in [9.17, 15) is 4.79 Å². The van der Waals surface area contributed by atoms with Crippen LogP contribution in [0.4, 0.5) is 0 Å². The molecule has 0 bridgehead atoms. The third kappa shape index (κ3) is 2.44. The molecular formula is C8H8INO2. The van der Waals surface area contributed by atoms with Crippen LogP contribution in [0.2, 0.25) is 0 Å². The van der Waals surface area contributed by atoms with Crippen LogP contribution in [0.5, 0.6) is 0 Å². The number of alkyl halides is 1. The van der Waals surface area contributed by atoms with Crippen LogP contribution in [0.15, 0.2) is 18.3 Å². The highest BCUT2D eigenvalue weighted by molar-refractivity contribution is 14.1. The number of nitrogens with zero attached hydrogens (tertiary/aromatic N) is 1. The van der Waals surface area contributed by atoms with Gasteiger partial charge in [-0.2, -0.15) is 0 Å². The second-order valence-corrected chi connectivity index (χ2v) is 3.36. The van der Waals surface area contributed by atoms with E-state index in [2.05, 4.69) is 27.6 Å². The van der Waals surface area contributed by atoms with Crippen molar-refractivity contribution in [1.82, 2.24) is 4.98 Å². The minimum absolute atomic E-state index is 0.243. The third-order valence-electron chi connectivity index (χ3n) is 1.42. The van der Waals surface area contributed by atoms with E-state index in [1.54, 1.807) is 12.1 Å². The van der Waals surface area contributed by atoms with E-state index >= 15 is 0 Å². The van der Waals surface area contributed by atoms with Crippen molar-refractivity contribution in [1.29, 1.82) is 0 Å². The summed E-state index contributed by atoms with van der Waals surface area (Å²) >= 11 is 2.26. The molecular weight excluding hydrogens is 269 g/mol. The molecule has 0 unspecified atom stereocenters. The van der Waals surface area contributed by atoms with Crippen LogP contribution in [-0.4, -0.2) is 20.5 Å². The third-order valence-corrected chi connectivity index (χ3v) is 1.96. The summed E-state index contributed by atoms with van der Waals surface area (Å²) in [6.45, 7) is 0. The van der Waals surface area contributed by atoms with Gasteiger partial charge >= 0.3 is 5.97 Å². The minimum Gasteiger partial charge on any atom is -0.478 e. The van der Waals surface area contributed by atoms with E-state index in [1.807, 2.05) is 0 Å². The van der Waals surface area contributed by atoms with Gasteiger partial charge in [-0.15, -0.1) is 0 Å². The van der Waals surface area contributed by atoms with Crippen molar-refractivity contribution in [3.05, 3.63) is 29.6 Å². The Morgan fingerprint density at radius 2 is 2.33 bits per heavy atom. The SMILES string of the molecule is O=C(O)c1ccc(CCI)nc1. The summed E-state index contributed by atoms with van der Waals surface area (Å²) in [4.78, 5) is 14.4. The van der Waals surface area contributed by atoms with Gasteiger partial charge in [0.05, 0.1) is 5.56 Å². The summed E-state index contributed by atoms with van der Waals surface area (Å²) in [6, 6.07) is 3.33. The number of hydrogen-bond acceptors (Lipinski definition) is 2.